The fraction of sp³-hybridized carbons (Fsp3) is 0.250. The molecule has 0 aliphatic rings. The Balaban J connectivity index is 2.10. The summed E-state index contributed by atoms with van der Waals surface area (Å²) >= 11 is 1.49. The summed E-state index contributed by atoms with van der Waals surface area (Å²) in [4.78, 5) is 29.4. The fourth-order valence-corrected chi connectivity index (χ4v) is 2.78. The van der Waals surface area contributed by atoms with E-state index in [2.05, 4.69) is 4.98 Å². The van der Waals surface area contributed by atoms with Gasteiger partial charge in [-0.05, 0) is 6.92 Å². The van der Waals surface area contributed by atoms with Crippen molar-refractivity contribution in [3.8, 4) is 0 Å². The van der Waals surface area contributed by atoms with E-state index in [-0.39, 0.29) is 17.9 Å². The molecule has 0 radical (unpaired) electrons. The molecule has 3 heterocycles. The van der Waals surface area contributed by atoms with Crippen molar-refractivity contribution in [2.24, 2.45) is 0 Å². The summed E-state index contributed by atoms with van der Waals surface area (Å²) in [6.07, 6.45) is 5.06. The second-order valence-electron chi connectivity index (χ2n) is 4.37. The molecule has 0 atom stereocenters. The molecule has 20 heavy (non-hydrogen) atoms. The number of thiazole rings is 1. The summed E-state index contributed by atoms with van der Waals surface area (Å²) in [6, 6.07) is 0. The SMILES string of the molecule is CCn1cc(N)c(=O)n(Cc2cn3ccsc3n2)c1=O. The van der Waals surface area contributed by atoms with Crippen LogP contribution >= 0.6 is 11.3 Å². The van der Waals surface area contributed by atoms with Crippen molar-refractivity contribution in [1.29, 1.82) is 0 Å². The zero-order valence-electron chi connectivity index (χ0n) is 10.8. The van der Waals surface area contributed by atoms with Gasteiger partial charge < -0.3 is 5.73 Å². The molecule has 0 spiro atoms. The highest BCUT2D eigenvalue weighted by molar-refractivity contribution is 7.15. The highest BCUT2D eigenvalue weighted by atomic mass is 32.1. The fourth-order valence-electron chi connectivity index (χ4n) is 2.06. The lowest BCUT2D eigenvalue weighted by Gasteiger charge is -2.08. The van der Waals surface area contributed by atoms with Crippen molar-refractivity contribution in [3.63, 3.8) is 0 Å². The van der Waals surface area contributed by atoms with Crippen molar-refractivity contribution in [2.75, 3.05) is 5.73 Å². The number of anilines is 1. The minimum Gasteiger partial charge on any atom is -0.393 e. The standard InChI is InChI=1S/C12H13N5O2S/c1-2-15-7-9(13)10(18)17(12(15)19)6-8-5-16-3-4-20-11(16)14-8/h3-5,7H,2,6,13H2,1H3. The molecule has 3 rings (SSSR count). The number of hydrogen-bond acceptors (Lipinski definition) is 5. The first kappa shape index (κ1) is 12.7. The summed E-state index contributed by atoms with van der Waals surface area (Å²) in [5.41, 5.74) is 5.53. The van der Waals surface area contributed by atoms with Gasteiger partial charge in [0.2, 0.25) is 0 Å². The minimum absolute atomic E-state index is 0.0625. The van der Waals surface area contributed by atoms with Crippen LogP contribution in [0, 0.1) is 0 Å². The summed E-state index contributed by atoms with van der Waals surface area (Å²) in [5.74, 6) is 0. The Morgan fingerprint density at radius 2 is 2.15 bits per heavy atom. The normalized spacial score (nSPS) is 11.2. The van der Waals surface area contributed by atoms with Gasteiger partial charge in [-0.1, -0.05) is 0 Å². The van der Waals surface area contributed by atoms with Gasteiger partial charge in [-0.2, -0.15) is 0 Å². The molecule has 8 heteroatoms. The van der Waals surface area contributed by atoms with Crippen molar-refractivity contribution >= 4 is 22.0 Å². The molecule has 0 fully saturated rings. The lowest BCUT2D eigenvalue weighted by molar-refractivity contribution is 0.599. The summed E-state index contributed by atoms with van der Waals surface area (Å²) in [6.45, 7) is 2.40. The van der Waals surface area contributed by atoms with Crippen molar-refractivity contribution in [1.82, 2.24) is 18.5 Å². The van der Waals surface area contributed by atoms with E-state index in [0.29, 0.717) is 12.2 Å². The van der Waals surface area contributed by atoms with Gasteiger partial charge in [0.05, 0.1) is 12.2 Å². The Morgan fingerprint density at radius 1 is 1.35 bits per heavy atom. The van der Waals surface area contributed by atoms with Crippen LogP contribution in [0.4, 0.5) is 5.69 Å². The first-order valence-electron chi connectivity index (χ1n) is 6.11. The number of aromatic nitrogens is 4. The molecule has 0 aliphatic heterocycles. The molecule has 3 aromatic rings. The number of aryl methyl sites for hydroxylation is 1. The zero-order chi connectivity index (χ0) is 14.3. The lowest BCUT2D eigenvalue weighted by atomic mass is 10.4. The van der Waals surface area contributed by atoms with Gasteiger partial charge in [0.25, 0.3) is 5.56 Å². The van der Waals surface area contributed by atoms with Crippen molar-refractivity contribution in [2.45, 2.75) is 20.0 Å². The predicted molar refractivity (Wildman–Crippen MR) is 77.2 cm³/mol. The van der Waals surface area contributed by atoms with Gasteiger partial charge >= 0.3 is 5.69 Å². The number of rotatable bonds is 3. The second-order valence-corrected chi connectivity index (χ2v) is 5.24. The van der Waals surface area contributed by atoms with E-state index in [1.54, 1.807) is 6.20 Å². The number of fused-ring (bicyclic) bond motifs is 1. The average molecular weight is 291 g/mol. The molecule has 0 bridgehead atoms. The Hall–Kier alpha value is -2.35. The van der Waals surface area contributed by atoms with Crippen molar-refractivity contribution in [3.05, 3.63) is 50.5 Å². The van der Waals surface area contributed by atoms with Crippen LogP contribution in [-0.4, -0.2) is 18.5 Å². The maximum atomic E-state index is 12.2. The van der Waals surface area contributed by atoms with E-state index < -0.39 is 5.56 Å². The number of hydrogen-bond donors (Lipinski definition) is 1. The first-order chi connectivity index (χ1) is 9.60. The topological polar surface area (TPSA) is 87.3 Å². The van der Waals surface area contributed by atoms with Crippen LogP contribution < -0.4 is 17.0 Å². The molecule has 0 aromatic carbocycles. The third-order valence-corrected chi connectivity index (χ3v) is 3.84. The molecule has 0 unspecified atom stereocenters. The molecule has 2 N–H and O–H groups in total. The largest absolute Gasteiger partial charge is 0.393 e. The molecule has 3 aromatic heterocycles. The Morgan fingerprint density at radius 3 is 2.85 bits per heavy atom. The molecule has 0 aliphatic carbocycles. The quantitative estimate of drug-likeness (QED) is 0.755. The van der Waals surface area contributed by atoms with Gasteiger partial charge in [0, 0.05) is 30.5 Å². The maximum Gasteiger partial charge on any atom is 0.331 e. The van der Waals surface area contributed by atoms with Gasteiger partial charge in [-0.15, -0.1) is 11.3 Å². The third kappa shape index (κ3) is 1.94. The van der Waals surface area contributed by atoms with Crippen LogP contribution in [0.2, 0.25) is 0 Å². The molecule has 0 amide bonds. The van der Waals surface area contributed by atoms with Gasteiger partial charge in [0.15, 0.2) is 4.96 Å². The van der Waals surface area contributed by atoms with Crippen molar-refractivity contribution < 1.29 is 0 Å². The minimum atomic E-state index is -0.476. The highest BCUT2D eigenvalue weighted by Crippen LogP contribution is 2.11. The van der Waals surface area contributed by atoms with Crippen LogP contribution in [0.3, 0.4) is 0 Å². The van der Waals surface area contributed by atoms with E-state index in [1.165, 1.54) is 22.1 Å². The molecular weight excluding hydrogens is 278 g/mol. The predicted octanol–water partition coefficient (Wildman–Crippen LogP) is 0.370. The Labute approximate surface area is 117 Å². The van der Waals surface area contributed by atoms with Gasteiger partial charge in [0.1, 0.15) is 5.69 Å². The van der Waals surface area contributed by atoms with Crippen LogP contribution in [0.1, 0.15) is 12.6 Å². The smallest absolute Gasteiger partial charge is 0.331 e. The monoisotopic (exact) mass is 291 g/mol. The van der Waals surface area contributed by atoms with Crippen LogP contribution in [0.25, 0.3) is 4.96 Å². The average Bonchev–Trinajstić information content (AvgIpc) is 2.99. The van der Waals surface area contributed by atoms with Gasteiger partial charge in [-0.25, -0.2) is 9.78 Å². The number of nitrogens with two attached hydrogens (primary N) is 1. The highest BCUT2D eigenvalue weighted by Gasteiger charge is 2.11. The summed E-state index contributed by atoms with van der Waals surface area (Å²) < 4.78 is 4.39. The van der Waals surface area contributed by atoms with Crippen LogP contribution in [0.5, 0.6) is 0 Å². The first-order valence-corrected chi connectivity index (χ1v) is 6.99. The van der Waals surface area contributed by atoms with Crippen LogP contribution in [0.15, 0.2) is 33.6 Å². The number of imidazole rings is 1. The molecular formula is C12H13N5O2S. The van der Waals surface area contributed by atoms with E-state index in [9.17, 15) is 9.59 Å². The molecule has 0 saturated heterocycles. The Bertz CT molecular complexity index is 857. The molecule has 7 nitrogen and oxygen atoms in total. The zero-order valence-corrected chi connectivity index (χ0v) is 11.6. The van der Waals surface area contributed by atoms with Gasteiger partial charge in [-0.3, -0.25) is 18.3 Å². The summed E-state index contributed by atoms with van der Waals surface area (Å²) in [7, 11) is 0. The summed E-state index contributed by atoms with van der Waals surface area (Å²) in [5, 5.41) is 1.92. The number of nitrogens with zero attached hydrogens (tertiary/aromatic N) is 4. The lowest BCUT2D eigenvalue weighted by Crippen LogP contribution is -2.40. The maximum absolute atomic E-state index is 12.2. The Kier molecular flexibility index (Phi) is 2.94. The molecule has 0 saturated carbocycles. The third-order valence-electron chi connectivity index (χ3n) is 3.07. The number of nitrogen functional groups attached to an aromatic ring is 1. The van der Waals surface area contributed by atoms with E-state index in [4.69, 9.17) is 5.73 Å². The van der Waals surface area contributed by atoms with E-state index in [1.807, 2.05) is 22.9 Å². The van der Waals surface area contributed by atoms with E-state index >= 15 is 0 Å². The molecule has 104 valence electrons. The van der Waals surface area contributed by atoms with E-state index in [0.717, 1.165) is 9.53 Å². The van der Waals surface area contributed by atoms with Crippen LogP contribution in [-0.2, 0) is 13.1 Å². The second kappa shape index (κ2) is 4.64.